The topological polar surface area (TPSA) is 20.3 Å². The first-order valence-electron chi connectivity index (χ1n) is 6.76. The maximum atomic E-state index is 12.1. The number of carbonyl (C=O) groups is 1. The lowest BCUT2D eigenvalue weighted by Gasteiger charge is -2.36. The van der Waals surface area contributed by atoms with Gasteiger partial charge in [-0.15, -0.1) is 11.6 Å². The van der Waals surface area contributed by atoms with Crippen LogP contribution in [0.3, 0.4) is 0 Å². The normalized spacial score (nSPS) is 22.4. The van der Waals surface area contributed by atoms with Gasteiger partial charge < -0.3 is 4.90 Å². The van der Waals surface area contributed by atoms with Crippen molar-refractivity contribution in [3.05, 3.63) is 35.4 Å². The molecule has 0 spiro atoms. The van der Waals surface area contributed by atoms with Crippen molar-refractivity contribution >= 4 is 17.5 Å². The monoisotopic (exact) mass is 263 g/mol. The molecule has 2 aliphatic rings. The fourth-order valence-corrected chi connectivity index (χ4v) is 3.21. The largest absolute Gasteiger partial charge is 0.332 e. The van der Waals surface area contributed by atoms with Gasteiger partial charge >= 0.3 is 0 Å². The van der Waals surface area contributed by atoms with Crippen LogP contribution in [0, 0.1) is 0 Å². The summed E-state index contributed by atoms with van der Waals surface area (Å²) < 4.78 is 0. The molecular formula is C15H18ClNO. The lowest BCUT2D eigenvalue weighted by Crippen LogP contribution is -2.39. The molecule has 0 aromatic heterocycles. The number of hydrogen-bond donors (Lipinski definition) is 0. The summed E-state index contributed by atoms with van der Waals surface area (Å²) in [5.41, 5.74) is 2.75. The molecule has 1 saturated carbocycles. The Morgan fingerprint density at radius 3 is 2.78 bits per heavy atom. The van der Waals surface area contributed by atoms with E-state index in [2.05, 4.69) is 29.2 Å². The van der Waals surface area contributed by atoms with Gasteiger partial charge in [0.25, 0.3) is 0 Å². The SMILES string of the molecule is O=C(CCl)N(C1CC1)C1CCCc2ccccc21. The first-order valence-corrected chi connectivity index (χ1v) is 7.29. The molecule has 1 unspecified atom stereocenters. The molecular weight excluding hydrogens is 246 g/mol. The van der Waals surface area contributed by atoms with E-state index in [4.69, 9.17) is 11.6 Å². The van der Waals surface area contributed by atoms with Crippen LogP contribution in [0.4, 0.5) is 0 Å². The number of halogens is 1. The van der Waals surface area contributed by atoms with Crippen molar-refractivity contribution in [1.82, 2.24) is 4.90 Å². The lowest BCUT2D eigenvalue weighted by atomic mass is 9.86. The molecule has 1 aromatic carbocycles. The highest BCUT2D eigenvalue weighted by atomic mass is 35.5. The summed E-state index contributed by atoms with van der Waals surface area (Å²) in [6.07, 6.45) is 5.67. The summed E-state index contributed by atoms with van der Waals surface area (Å²) in [5, 5.41) is 0. The first-order chi connectivity index (χ1) is 8.81. The zero-order valence-corrected chi connectivity index (χ0v) is 11.2. The van der Waals surface area contributed by atoms with E-state index >= 15 is 0 Å². The van der Waals surface area contributed by atoms with Gasteiger partial charge in [-0.1, -0.05) is 24.3 Å². The predicted molar refractivity (Wildman–Crippen MR) is 72.7 cm³/mol. The van der Waals surface area contributed by atoms with E-state index in [1.807, 2.05) is 0 Å². The maximum Gasteiger partial charge on any atom is 0.238 e. The highest BCUT2D eigenvalue weighted by Gasteiger charge is 2.38. The molecule has 1 amide bonds. The second kappa shape index (κ2) is 4.93. The number of alkyl halides is 1. The minimum atomic E-state index is 0.0980. The van der Waals surface area contributed by atoms with E-state index in [0.29, 0.717) is 6.04 Å². The Labute approximate surface area is 113 Å². The minimum Gasteiger partial charge on any atom is -0.332 e. The van der Waals surface area contributed by atoms with Crippen LogP contribution >= 0.6 is 11.6 Å². The molecule has 3 rings (SSSR count). The molecule has 96 valence electrons. The van der Waals surface area contributed by atoms with Gasteiger partial charge in [0.05, 0.1) is 6.04 Å². The number of aryl methyl sites for hydroxylation is 1. The quantitative estimate of drug-likeness (QED) is 0.767. The van der Waals surface area contributed by atoms with Gasteiger partial charge in [0.15, 0.2) is 0 Å². The van der Waals surface area contributed by atoms with E-state index in [-0.39, 0.29) is 17.8 Å². The summed E-state index contributed by atoms with van der Waals surface area (Å²) in [4.78, 5) is 14.2. The third kappa shape index (κ3) is 2.14. The molecule has 1 fully saturated rings. The predicted octanol–water partition coefficient (Wildman–Crippen LogP) is 3.29. The van der Waals surface area contributed by atoms with Crippen molar-refractivity contribution in [3.8, 4) is 0 Å². The van der Waals surface area contributed by atoms with Gasteiger partial charge in [0.1, 0.15) is 5.88 Å². The Morgan fingerprint density at radius 2 is 2.06 bits per heavy atom. The molecule has 1 atom stereocenters. The van der Waals surface area contributed by atoms with Gasteiger partial charge in [-0.05, 0) is 43.2 Å². The smallest absolute Gasteiger partial charge is 0.238 e. The van der Waals surface area contributed by atoms with Crippen molar-refractivity contribution in [2.24, 2.45) is 0 Å². The number of carbonyl (C=O) groups excluding carboxylic acids is 1. The number of nitrogens with zero attached hydrogens (tertiary/aromatic N) is 1. The molecule has 0 radical (unpaired) electrons. The first kappa shape index (κ1) is 12.0. The van der Waals surface area contributed by atoms with Crippen LogP contribution in [0.15, 0.2) is 24.3 Å². The number of amides is 1. The second-order valence-corrected chi connectivity index (χ2v) is 5.54. The molecule has 0 aliphatic heterocycles. The molecule has 0 N–H and O–H groups in total. The van der Waals surface area contributed by atoms with Gasteiger partial charge in [0, 0.05) is 6.04 Å². The zero-order chi connectivity index (χ0) is 12.5. The lowest BCUT2D eigenvalue weighted by molar-refractivity contribution is -0.132. The van der Waals surface area contributed by atoms with Gasteiger partial charge in [-0.2, -0.15) is 0 Å². The third-order valence-electron chi connectivity index (χ3n) is 4.02. The zero-order valence-electron chi connectivity index (χ0n) is 10.4. The second-order valence-electron chi connectivity index (χ2n) is 5.27. The fourth-order valence-electron chi connectivity index (χ4n) is 3.07. The number of rotatable bonds is 3. The molecule has 1 aromatic rings. The van der Waals surface area contributed by atoms with Crippen molar-refractivity contribution < 1.29 is 4.79 Å². The summed E-state index contributed by atoms with van der Waals surface area (Å²) in [6.45, 7) is 0. The summed E-state index contributed by atoms with van der Waals surface area (Å²) in [5.74, 6) is 0.204. The van der Waals surface area contributed by atoms with E-state index < -0.39 is 0 Å². The molecule has 0 bridgehead atoms. The van der Waals surface area contributed by atoms with E-state index in [9.17, 15) is 4.79 Å². The van der Waals surface area contributed by atoms with E-state index in [1.165, 1.54) is 17.5 Å². The minimum absolute atomic E-state index is 0.0980. The highest BCUT2D eigenvalue weighted by molar-refractivity contribution is 6.27. The van der Waals surface area contributed by atoms with E-state index in [1.54, 1.807) is 0 Å². The van der Waals surface area contributed by atoms with Crippen LogP contribution in [0.5, 0.6) is 0 Å². The van der Waals surface area contributed by atoms with Gasteiger partial charge in [-0.25, -0.2) is 0 Å². The van der Waals surface area contributed by atoms with Gasteiger partial charge in [0.2, 0.25) is 5.91 Å². The van der Waals surface area contributed by atoms with Crippen molar-refractivity contribution in [2.75, 3.05) is 5.88 Å². The third-order valence-corrected chi connectivity index (χ3v) is 4.24. The molecule has 0 heterocycles. The standard InChI is InChI=1S/C15H18ClNO/c16-10-15(18)17(12-8-9-12)14-7-3-5-11-4-1-2-6-13(11)14/h1-2,4,6,12,14H,3,5,7-10H2. The van der Waals surface area contributed by atoms with Crippen molar-refractivity contribution in [2.45, 2.75) is 44.2 Å². The summed E-state index contributed by atoms with van der Waals surface area (Å²) in [7, 11) is 0. The Bertz CT molecular complexity index is 456. The van der Waals surface area contributed by atoms with Crippen LogP contribution in [0.1, 0.15) is 42.9 Å². The summed E-state index contributed by atoms with van der Waals surface area (Å²) in [6, 6.07) is 9.23. The Hall–Kier alpha value is -1.02. The Morgan fingerprint density at radius 1 is 1.28 bits per heavy atom. The van der Waals surface area contributed by atoms with Crippen LogP contribution in [-0.4, -0.2) is 22.7 Å². The molecule has 0 saturated heterocycles. The number of hydrogen-bond acceptors (Lipinski definition) is 1. The van der Waals surface area contributed by atoms with E-state index in [0.717, 1.165) is 25.7 Å². The van der Waals surface area contributed by atoms with Crippen LogP contribution < -0.4 is 0 Å². The average molecular weight is 264 g/mol. The molecule has 18 heavy (non-hydrogen) atoms. The summed E-state index contributed by atoms with van der Waals surface area (Å²) >= 11 is 5.77. The Balaban J connectivity index is 1.93. The number of benzene rings is 1. The van der Waals surface area contributed by atoms with Gasteiger partial charge in [-0.3, -0.25) is 4.79 Å². The molecule has 2 nitrogen and oxygen atoms in total. The van der Waals surface area contributed by atoms with Crippen LogP contribution in [0.2, 0.25) is 0 Å². The van der Waals surface area contributed by atoms with Crippen molar-refractivity contribution in [3.63, 3.8) is 0 Å². The maximum absolute atomic E-state index is 12.1. The number of fused-ring (bicyclic) bond motifs is 1. The molecule has 3 heteroatoms. The van der Waals surface area contributed by atoms with Crippen LogP contribution in [0.25, 0.3) is 0 Å². The molecule has 2 aliphatic carbocycles. The van der Waals surface area contributed by atoms with Crippen LogP contribution in [-0.2, 0) is 11.2 Å². The fraction of sp³-hybridized carbons (Fsp3) is 0.533. The highest BCUT2D eigenvalue weighted by Crippen LogP contribution is 2.40. The Kier molecular flexibility index (Phi) is 3.29. The average Bonchev–Trinajstić information content (AvgIpc) is 3.24. The van der Waals surface area contributed by atoms with Crippen molar-refractivity contribution in [1.29, 1.82) is 0 Å².